The lowest BCUT2D eigenvalue weighted by molar-refractivity contribution is 0.102. The van der Waals surface area contributed by atoms with Gasteiger partial charge in [-0.2, -0.15) is 0 Å². The number of ether oxygens (including phenoxy) is 1. The van der Waals surface area contributed by atoms with Crippen molar-refractivity contribution in [1.82, 2.24) is 24.6 Å². The molecule has 4 aromatic rings. The fraction of sp³-hybridized carbons (Fsp3) is 0.273. The number of nitrogens with one attached hydrogen (secondary N) is 1. The van der Waals surface area contributed by atoms with Gasteiger partial charge in [0.25, 0.3) is 5.91 Å². The second-order valence-electron chi connectivity index (χ2n) is 7.40. The molecule has 1 N–H and O–H groups in total. The van der Waals surface area contributed by atoms with Gasteiger partial charge in [-0.3, -0.25) is 4.79 Å². The number of methoxy groups -OCH3 is 1. The summed E-state index contributed by atoms with van der Waals surface area (Å²) in [5.41, 5.74) is 3.42. The Morgan fingerprint density at radius 2 is 2.00 bits per heavy atom. The molecule has 2 aromatic heterocycles. The minimum Gasteiger partial charge on any atom is -0.497 e. The number of benzene rings is 2. The zero-order valence-corrected chi connectivity index (χ0v) is 17.5. The van der Waals surface area contributed by atoms with Crippen LogP contribution in [0, 0.1) is 6.92 Å². The smallest absolute Gasteiger partial charge is 0.255 e. The third-order valence-corrected chi connectivity index (χ3v) is 5.00. The van der Waals surface area contributed by atoms with Gasteiger partial charge in [0.05, 0.1) is 18.1 Å². The number of rotatable bonds is 6. The summed E-state index contributed by atoms with van der Waals surface area (Å²) < 4.78 is 7.36. The Hall–Kier alpha value is -3.52. The number of likely N-dealkylation sites (N-methyl/N-ethyl adjacent to an activating group) is 1. The highest BCUT2D eigenvalue weighted by atomic mass is 16.5. The highest BCUT2D eigenvalue weighted by molar-refractivity contribution is 6.09. The highest BCUT2D eigenvalue weighted by Crippen LogP contribution is 2.25. The Bertz CT molecular complexity index is 1230. The zero-order chi connectivity index (χ0) is 21.3. The first kappa shape index (κ1) is 19.8. The molecule has 0 bridgehead atoms. The number of anilines is 1. The molecule has 8 heteroatoms. The first-order valence-corrected chi connectivity index (χ1v) is 9.69. The molecule has 0 aliphatic carbocycles. The normalized spacial score (nSPS) is 11.4. The van der Waals surface area contributed by atoms with Crippen molar-refractivity contribution in [2.24, 2.45) is 0 Å². The van der Waals surface area contributed by atoms with Crippen LogP contribution in [0.15, 0.2) is 42.5 Å². The average Bonchev–Trinajstić information content (AvgIpc) is 3.07. The van der Waals surface area contributed by atoms with Crippen molar-refractivity contribution >= 4 is 33.7 Å². The molecule has 0 spiro atoms. The van der Waals surface area contributed by atoms with Gasteiger partial charge < -0.3 is 19.5 Å². The van der Waals surface area contributed by atoms with Crippen LogP contribution in [0.3, 0.4) is 0 Å². The summed E-state index contributed by atoms with van der Waals surface area (Å²) in [5, 5.41) is 12.3. The number of amides is 1. The van der Waals surface area contributed by atoms with Crippen LogP contribution in [0.2, 0.25) is 0 Å². The third kappa shape index (κ3) is 3.81. The van der Waals surface area contributed by atoms with Gasteiger partial charge in [0, 0.05) is 35.8 Å². The van der Waals surface area contributed by atoms with E-state index in [9.17, 15) is 4.79 Å². The molecule has 0 saturated heterocycles. The standard InChI is InChI=1S/C22H24N6O2/c1-14-23-21-20(28(14)11-10-27(2)3)18-12-15(8-9-19(18)25-26-21)22(29)24-16-6-5-7-17(13-16)30-4/h5-9,12-13H,10-11H2,1-4H3,(H,24,29). The van der Waals surface area contributed by atoms with Gasteiger partial charge in [0.2, 0.25) is 5.65 Å². The number of carbonyl (C=O) groups excluding carboxylic acids is 1. The van der Waals surface area contributed by atoms with Crippen molar-refractivity contribution < 1.29 is 9.53 Å². The minimum absolute atomic E-state index is 0.203. The van der Waals surface area contributed by atoms with E-state index in [0.29, 0.717) is 22.6 Å². The highest BCUT2D eigenvalue weighted by Gasteiger charge is 2.16. The van der Waals surface area contributed by atoms with Crippen molar-refractivity contribution in [2.75, 3.05) is 33.1 Å². The molecule has 0 aliphatic rings. The van der Waals surface area contributed by atoms with Crippen molar-refractivity contribution in [3.8, 4) is 5.75 Å². The molecule has 2 aromatic carbocycles. The van der Waals surface area contributed by atoms with Crippen LogP contribution in [0.5, 0.6) is 5.75 Å². The van der Waals surface area contributed by atoms with Crippen LogP contribution in [0.4, 0.5) is 5.69 Å². The Morgan fingerprint density at radius 3 is 2.77 bits per heavy atom. The lowest BCUT2D eigenvalue weighted by Gasteiger charge is -2.13. The molecule has 4 rings (SSSR count). The lowest BCUT2D eigenvalue weighted by atomic mass is 10.1. The summed E-state index contributed by atoms with van der Waals surface area (Å²) in [5.74, 6) is 1.36. The molecule has 8 nitrogen and oxygen atoms in total. The lowest BCUT2D eigenvalue weighted by Crippen LogP contribution is -2.19. The first-order valence-electron chi connectivity index (χ1n) is 9.69. The van der Waals surface area contributed by atoms with Gasteiger partial charge in [0.1, 0.15) is 11.6 Å². The van der Waals surface area contributed by atoms with E-state index >= 15 is 0 Å². The molecular formula is C22H24N6O2. The number of hydrogen-bond acceptors (Lipinski definition) is 6. The molecule has 0 aliphatic heterocycles. The molecule has 0 atom stereocenters. The van der Waals surface area contributed by atoms with E-state index in [1.807, 2.05) is 51.4 Å². The Morgan fingerprint density at radius 1 is 1.17 bits per heavy atom. The predicted octanol–water partition coefficient (Wildman–Crippen LogP) is 3.11. The van der Waals surface area contributed by atoms with Gasteiger partial charge in [-0.05, 0) is 51.4 Å². The van der Waals surface area contributed by atoms with E-state index in [1.54, 1.807) is 19.2 Å². The predicted molar refractivity (Wildman–Crippen MR) is 117 cm³/mol. The molecule has 0 unspecified atom stereocenters. The average molecular weight is 404 g/mol. The summed E-state index contributed by atoms with van der Waals surface area (Å²) in [6.07, 6.45) is 0. The number of fused-ring (bicyclic) bond motifs is 3. The molecule has 1 amide bonds. The van der Waals surface area contributed by atoms with Gasteiger partial charge in [-0.1, -0.05) is 6.07 Å². The van der Waals surface area contributed by atoms with Gasteiger partial charge in [-0.25, -0.2) is 4.98 Å². The van der Waals surface area contributed by atoms with Crippen LogP contribution in [0.1, 0.15) is 16.2 Å². The van der Waals surface area contributed by atoms with Crippen LogP contribution < -0.4 is 10.1 Å². The monoisotopic (exact) mass is 404 g/mol. The summed E-state index contributed by atoms with van der Waals surface area (Å²) in [7, 11) is 5.67. The van der Waals surface area contributed by atoms with Crippen molar-refractivity contribution in [2.45, 2.75) is 13.5 Å². The van der Waals surface area contributed by atoms with Crippen LogP contribution in [-0.4, -0.2) is 58.3 Å². The summed E-state index contributed by atoms with van der Waals surface area (Å²) in [6, 6.07) is 12.7. The number of nitrogens with zero attached hydrogens (tertiary/aromatic N) is 5. The van der Waals surface area contributed by atoms with E-state index in [0.717, 1.165) is 35.3 Å². The maximum Gasteiger partial charge on any atom is 0.255 e. The first-order chi connectivity index (χ1) is 14.5. The number of imidazole rings is 1. The fourth-order valence-corrected chi connectivity index (χ4v) is 3.42. The molecule has 2 heterocycles. The number of aromatic nitrogens is 4. The van der Waals surface area contributed by atoms with E-state index in [4.69, 9.17) is 4.74 Å². The van der Waals surface area contributed by atoms with Crippen LogP contribution >= 0.6 is 0 Å². The Balaban J connectivity index is 1.74. The Labute approximate surface area is 174 Å². The minimum atomic E-state index is -0.203. The molecular weight excluding hydrogens is 380 g/mol. The van der Waals surface area contributed by atoms with E-state index in [1.165, 1.54) is 0 Å². The molecule has 0 saturated carbocycles. The summed E-state index contributed by atoms with van der Waals surface area (Å²) >= 11 is 0. The summed E-state index contributed by atoms with van der Waals surface area (Å²) in [6.45, 7) is 3.60. The SMILES string of the molecule is COc1cccc(NC(=O)c2ccc3nnc4nc(C)n(CCN(C)C)c4c3c2)c1. The van der Waals surface area contributed by atoms with Crippen molar-refractivity contribution in [1.29, 1.82) is 0 Å². The van der Waals surface area contributed by atoms with Crippen LogP contribution in [0.25, 0.3) is 22.1 Å². The third-order valence-electron chi connectivity index (χ3n) is 5.00. The van der Waals surface area contributed by atoms with E-state index in [2.05, 4.69) is 30.0 Å². The largest absolute Gasteiger partial charge is 0.497 e. The fourth-order valence-electron chi connectivity index (χ4n) is 3.42. The zero-order valence-electron chi connectivity index (χ0n) is 17.5. The quantitative estimate of drug-likeness (QED) is 0.532. The van der Waals surface area contributed by atoms with Crippen LogP contribution in [-0.2, 0) is 6.54 Å². The second kappa shape index (κ2) is 8.08. The maximum absolute atomic E-state index is 12.9. The molecule has 0 radical (unpaired) electrons. The number of hydrogen-bond donors (Lipinski definition) is 1. The molecule has 30 heavy (non-hydrogen) atoms. The van der Waals surface area contributed by atoms with Crippen molar-refractivity contribution in [3.63, 3.8) is 0 Å². The molecule has 154 valence electrons. The maximum atomic E-state index is 12.9. The van der Waals surface area contributed by atoms with E-state index < -0.39 is 0 Å². The molecule has 0 fully saturated rings. The number of carbonyl (C=O) groups is 1. The number of aryl methyl sites for hydroxylation is 1. The van der Waals surface area contributed by atoms with Gasteiger partial charge >= 0.3 is 0 Å². The van der Waals surface area contributed by atoms with Gasteiger partial charge in [-0.15, -0.1) is 10.2 Å². The second-order valence-corrected chi connectivity index (χ2v) is 7.40. The van der Waals surface area contributed by atoms with Gasteiger partial charge in [0.15, 0.2) is 0 Å². The topological polar surface area (TPSA) is 85.2 Å². The Kier molecular flexibility index (Phi) is 5.33. The van der Waals surface area contributed by atoms with E-state index in [-0.39, 0.29) is 5.91 Å². The summed E-state index contributed by atoms with van der Waals surface area (Å²) in [4.78, 5) is 19.6. The van der Waals surface area contributed by atoms with Crippen molar-refractivity contribution in [3.05, 3.63) is 53.9 Å².